The lowest BCUT2D eigenvalue weighted by Crippen LogP contribution is -1.89. The Kier molecular flexibility index (Phi) is 2.99. The summed E-state index contributed by atoms with van der Waals surface area (Å²) in [6.07, 6.45) is 1.85. The summed E-state index contributed by atoms with van der Waals surface area (Å²) in [6.45, 7) is 0. The fourth-order valence-electron chi connectivity index (χ4n) is 2.03. The predicted octanol–water partition coefficient (Wildman–Crippen LogP) is 4.65. The number of pyridine rings is 1. The lowest BCUT2D eigenvalue weighted by atomic mass is 10.0. The third-order valence-electron chi connectivity index (χ3n) is 2.86. The highest BCUT2D eigenvalue weighted by atomic mass is 127. The molecule has 0 saturated carbocycles. The molecule has 1 heterocycles. The van der Waals surface area contributed by atoms with Crippen LogP contribution in [-0.2, 0) is 0 Å². The molecule has 3 rings (SSSR count). The van der Waals surface area contributed by atoms with Crippen LogP contribution in [0, 0.1) is 9.39 Å². The summed E-state index contributed by atoms with van der Waals surface area (Å²) in [7, 11) is 0. The lowest BCUT2D eigenvalue weighted by Gasteiger charge is -2.08. The maximum Gasteiger partial charge on any atom is 0.123 e. The summed E-state index contributed by atoms with van der Waals surface area (Å²) in [5, 5.41) is 1.09. The van der Waals surface area contributed by atoms with Gasteiger partial charge in [-0.15, -0.1) is 0 Å². The number of benzene rings is 2. The second-order valence-corrected chi connectivity index (χ2v) is 5.17. The second kappa shape index (κ2) is 4.65. The molecule has 0 aliphatic heterocycles. The molecule has 88 valence electrons. The Bertz CT molecular complexity index is 707. The second-order valence-electron chi connectivity index (χ2n) is 4.01. The van der Waals surface area contributed by atoms with Crippen molar-refractivity contribution in [3.63, 3.8) is 0 Å². The molecule has 18 heavy (non-hydrogen) atoms. The lowest BCUT2D eigenvalue weighted by molar-refractivity contribution is 0.628. The van der Waals surface area contributed by atoms with Crippen LogP contribution >= 0.6 is 22.6 Å². The van der Waals surface area contributed by atoms with Gasteiger partial charge >= 0.3 is 0 Å². The average molecular weight is 349 g/mol. The van der Waals surface area contributed by atoms with Crippen molar-refractivity contribution in [2.45, 2.75) is 0 Å². The number of rotatable bonds is 1. The van der Waals surface area contributed by atoms with E-state index in [9.17, 15) is 4.39 Å². The molecule has 0 atom stereocenters. The molecular weight excluding hydrogens is 340 g/mol. The molecule has 0 radical (unpaired) electrons. The summed E-state index contributed by atoms with van der Waals surface area (Å²) < 4.78 is 14.1. The Morgan fingerprint density at radius 1 is 0.944 bits per heavy atom. The Morgan fingerprint density at radius 2 is 1.67 bits per heavy atom. The van der Waals surface area contributed by atoms with E-state index in [2.05, 4.69) is 27.6 Å². The molecule has 1 aromatic heterocycles. The molecule has 0 bridgehead atoms. The summed E-state index contributed by atoms with van der Waals surface area (Å²) in [4.78, 5) is 4.40. The first-order valence-corrected chi connectivity index (χ1v) is 6.63. The van der Waals surface area contributed by atoms with Gasteiger partial charge in [0, 0.05) is 20.7 Å². The van der Waals surface area contributed by atoms with Gasteiger partial charge in [0.05, 0.1) is 5.52 Å². The molecule has 1 nitrogen and oxygen atoms in total. The van der Waals surface area contributed by atoms with Crippen LogP contribution in [0.5, 0.6) is 0 Å². The van der Waals surface area contributed by atoms with Gasteiger partial charge in [0.15, 0.2) is 0 Å². The van der Waals surface area contributed by atoms with E-state index in [0.717, 1.165) is 25.6 Å². The molecular formula is C15H9FIN. The summed E-state index contributed by atoms with van der Waals surface area (Å²) in [6, 6.07) is 14.6. The highest BCUT2D eigenvalue weighted by Gasteiger charge is 2.08. The van der Waals surface area contributed by atoms with E-state index in [4.69, 9.17) is 0 Å². The van der Waals surface area contributed by atoms with Crippen LogP contribution in [0.3, 0.4) is 0 Å². The minimum absolute atomic E-state index is 0.216. The van der Waals surface area contributed by atoms with Crippen molar-refractivity contribution in [3.8, 4) is 11.1 Å². The van der Waals surface area contributed by atoms with Gasteiger partial charge in [0.1, 0.15) is 5.82 Å². The van der Waals surface area contributed by atoms with E-state index >= 15 is 0 Å². The maximum atomic E-state index is 13.0. The molecule has 0 aliphatic rings. The Morgan fingerprint density at radius 3 is 2.44 bits per heavy atom. The summed E-state index contributed by atoms with van der Waals surface area (Å²) in [5.41, 5.74) is 3.08. The van der Waals surface area contributed by atoms with Gasteiger partial charge in [-0.3, -0.25) is 4.98 Å². The van der Waals surface area contributed by atoms with E-state index in [-0.39, 0.29) is 5.82 Å². The van der Waals surface area contributed by atoms with Gasteiger partial charge in [0.25, 0.3) is 0 Å². The van der Waals surface area contributed by atoms with Crippen molar-refractivity contribution in [2.75, 3.05) is 0 Å². The van der Waals surface area contributed by atoms with Gasteiger partial charge in [-0.2, -0.15) is 0 Å². The number of nitrogens with zero attached hydrogens (tertiary/aromatic N) is 1. The number of para-hydroxylation sites is 1. The fraction of sp³-hybridized carbons (Fsp3) is 0. The molecule has 0 fully saturated rings. The van der Waals surface area contributed by atoms with Crippen molar-refractivity contribution in [3.05, 3.63) is 64.1 Å². The molecule has 3 aromatic rings. The van der Waals surface area contributed by atoms with E-state index in [1.54, 1.807) is 12.1 Å². The van der Waals surface area contributed by atoms with Gasteiger partial charge in [0.2, 0.25) is 0 Å². The zero-order chi connectivity index (χ0) is 12.5. The van der Waals surface area contributed by atoms with Crippen molar-refractivity contribution in [1.82, 2.24) is 4.98 Å². The van der Waals surface area contributed by atoms with E-state index in [1.807, 2.05) is 30.5 Å². The molecule has 0 spiro atoms. The normalized spacial score (nSPS) is 10.8. The Balaban J connectivity index is 2.33. The Labute approximate surface area is 118 Å². The molecule has 2 aromatic carbocycles. The van der Waals surface area contributed by atoms with Crippen molar-refractivity contribution >= 4 is 33.5 Å². The number of hydrogen-bond acceptors (Lipinski definition) is 1. The molecule has 0 aliphatic carbocycles. The molecule has 0 unspecified atom stereocenters. The fourth-order valence-corrected chi connectivity index (χ4v) is 2.77. The van der Waals surface area contributed by atoms with Gasteiger partial charge in [-0.1, -0.05) is 30.3 Å². The highest BCUT2D eigenvalue weighted by Crippen LogP contribution is 2.31. The van der Waals surface area contributed by atoms with Gasteiger partial charge in [-0.05, 0) is 46.4 Å². The van der Waals surface area contributed by atoms with Crippen LogP contribution in [0.4, 0.5) is 4.39 Å². The standard InChI is InChI=1S/C15H9FIN/c16-11-7-5-10(6-8-11)15-12-3-1-2-4-14(12)18-9-13(15)17/h1-9H. The van der Waals surface area contributed by atoms with Crippen LogP contribution in [0.15, 0.2) is 54.7 Å². The van der Waals surface area contributed by atoms with E-state index in [1.165, 1.54) is 12.1 Å². The monoisotopic (exact) mass is 349 g/mol. The molecule has 3 heteroatoms. The van der Waals surface area contributed by atoms with E-state index in [0.29, 0.717) is 0 Å². The third-order valence-corrected chi connectivity index (χ3v) is 3.68. The number of hydrogen-bond donors (Lipinski definition) is 0. The average Bonchev–Trinajstić information content (AvgIpc) is 2.40. The minimum atomic E-state index is -0.216. The van der Waals surface area contributed by atoms with Crippen LogP contribution in [0.2, 0.25) is 0 Å². The largest absolute Gasteiger partial charge is 0.255 e. The third kappa shape index (κ3) is 1.99. The van der Waals surface area contributed by atoms with Crippen molar-refractivity contribution in [2.24, 2.45) is 0 Å². The van der Waals surface area contributed by atoms with Crippen molar-refractivity contribution in [1.29, 1.82) is 0 Å². The predicted molar refractivity (Wildman–Crippen MR) is 79.9 cm³/mol. The number of halogens is 2. The van der Waals surface area contributed by atoms with Crippen LogP contribution in [0.25, 0.3) is 22.0 Å². The van der Waals surface area contributed by atoms with Crippen LogP contribution in [-0.4, -0.2) is 4.98 Å². The molecule has 0 N–H and O–H groups in total. The first-order chi connectivity index (χ1) is 8.75. The quantitative estimate of drug-likeness (QED) is 0.583. The number of aromatic nitrogens is 1. The van der Waals surface area contributed by atoms with Crippen LogP contribution < -0.4 is 0 Å². The maximum absolute atomic E-state index is 13.0. The van der Waals surface area contributed by atoms with E-state index < -0.39 is 0 Å². The van der Waals surface area contributed by atoms with Crippen LogP contribution in [0.1, 0.15) is 0 Å². The topological polar surface area (TPSA) is 12.9 Å². The molecule has 0 saturated heterocycles. The van der Waals surface area contributed by atoms with Crippen molar-refractivity contribution < 1.29 is 4.39 Å². The number of fused-ring (bicyclic) bond motifs is 1. The zero-order valence-corrected chi connectivity index (χ0v) is 11.6. The molecule has 0 amide bonds. The highest BCUT2D eigenvalue weighted by molar-refractivity contribution is 14.1. The zero-order valence-electron chi connectivity index (χ0n) is 9.40. The first kappa shape index (κ1) is 11.6. The smallest absolute Gasteiger partial charge is 0.123 e. The minimum Gasteiger partial charge on any atom is -0.255 e. The SMILES string of the molecule is Fc1ccc(-c2c(I)cnc3ccccc23)cc1. The Hall–Kier alpha value is -1.49. The summed E-state index contributed by atoms with van der Waals surface area (Å²) in [5.74, 6) is -0.216. The van der Waals surface area contributed by atoms with Gasteiger partial charge in [-0.25, -0.2) is 4.39 Å². The summed E-state index contributed by atoms with van der Waals surface area (Å²) >= 11 is 2.26. The van der Waals surface area contributed by atoms with Gasteiger partial charge < -0.3 is 0 Å². The first-order valence-electron chi connectivity index (χ1n) is 5.55.